The minimum absolute atomic E-state index is 0.106. The van der Waals surface area contributed by atoms with Crippen molar-refractivity contribution in [1.29, 1.82) is 0 Å². The summed E-state index contributed by atoms with van der Waals surface area (Å²) in [6.45, 7) is 3.91. The molecule has 5 nitrogen and oxygen atoms in total. The van der Waals surface area contributed by atoms with E-state index in [1.165, 1.54) is 11.3 Å². The molecule has 0 bridgehead atoms. The maximum absolute atomic E-state index is 12.3. The van der Waals surface area contributed by atoms with Gasteiger partial charge in [0.05, 0.1) is 27.3 Å². The Morgan fingerprint density at radius 1 is 1.15 bits per heavy atom. The van der Waals surface area contributed by atoms with Crippen LogP contribution in [0.4, 0.5) is 0 Å². The predicted molar refractivity (Wildman–Crippen MR) is 107 cm³/mol. The molecule has 0 unspecified atom stereocenters. The number of carbonyl (C=O) groups is 2. The highest BCUT2D eigenvalue weighted by molar-refractivity contribution is 7.16. The molecule has 6 heteroatoms. The van der Waals surface area contributed by atoms with Crippen LogP contribution in [0.5, 0.6) is 0 Å². The van der Waals surface area contributed by atoms with Crippen LogP contribution in [0.15, 0.2) is 54.0 Å². The van der Waals surface area contributed by atoms with Crippen molar-refractivity contribution >= 4 is 33.4 Å². The van der Waals surface area contributed by atoms with E-state index in [0.717, 1.165) is 22.2 Å². The Bertz CT molecular complexity index is 921. The molecule has 3 aromatic rings. The molecule has 0 saturated heterocycles. The van der Waals surface area contributed by atoms with E-state index in [4.69, 9.17) is 4.74 Å². The number of hydrogen-bond acceptors (Lipinski definition) is 5. The van der Waals surface area contributed by atoms with Gasteiger partial charge in [0.15, 0.2) is 6.61 Å². The summed E-state index contributed by atoms with van der Waals surface area (Å²) in [5.74, 6) is -0.401. The molecular formula is C21H22N2O3S. The van der Waals surface area contributed by atoms with Crippen LogP contribution >= 0.6 is 11.3 Å². The molecule has 0 spiro atoms. The summed E-state index contributed by atoms with van der Waals surface area (Å²) < 4.78 is 6.10. The Balaban J connectivity index is 1.59. The van der Waals surface area contributed by atoms with Gasteiger partial charge < -0.3 is 10.1 Å². The largest absolute Gasteiger partial charge is 0.452 e. The van der Waals surface area contributed by atoms with Crippen LogP contribution in [-0.4, -0.2) is 23.5 Å². The van der Waals surface area contributed by atoms with Gasteiger partial charge in [-0.25, -0.2) is 9.78 Å². The van der Waals surface area contributed by atoms with Crippen molar-refractivity contribution in [2.24, 2.45) is 5.92 Å². The van der Waals surface area contributed by atoms with E-state index in [2.05, 4.69) is 24.1 Å². The van der Waals surface area contributed by atoms with Crippen LogP contribution in [0.1, 0.15) is 42.2 Å². The molecule has 0 saturated carbocycles. The SMILES string of the molecule is CC(C)C[C@H](NC(=O)COC(=O)c1ccc2ncsc2c1)c1ccccc1. The van der Waals surface area contributed by atoms with Crippen LogP contribution in [0, 0.1) is 5.92 Å². The lowest BCUT2D eigenvalue weighted by Crippen LogP contribution is -2.33. The number of nitrogens with zero attached hydrogens (tertiary/aromatic N) is 1. The van der Waals surface area contributed by atoms with Crippen LogP contribution < -0.4 is 5.32 Å². The predicted octanol–water partition coefficient (Wildman–Crippen LogP) is 4.36. The number of benzene rings is 2. The first-order valence-electron chi connectivity index (χ1n) is 8.87. The average molecular weight is 382 g/mol. The zero-order chi connectivity index (χ0) is 19.2. The number of aromatic nitrogens is 1. The lowest BCUT2D eigenvalue weighted by molar-refractivity contribution is -0.125. The highest BCUT2D eigenvalue weighted by atomic mass is 32.1. The van der Waals surface area contributed by atoms with Crippen LogP contribution in [-0.2, 0) is 9.53 Å². The van der Waals surface area contributed by atoms with Gasteiger partial charge >= 0.3 is 5.97 Å². The lowest BCUT2D eigenvalue weighted by Gasteiger charge is -2.21. The number of esters is 1. The lowest BCUT2D eigenvalue weighted by atomic mass is 9.97. The van der Waals surface area contributed by atoms with Gasteiger partial charge in [0.25, 0.3) is 5.91 Å². The zero-order valence-electron chi connectivity index (χ0n) is 15.3. The molecular weight excluding hydrogens is 360 g/mol. The van der Waals surface area contributed by atoms with Crippen molar-refractivity contribution in [2.45, 2.75) is 26.3 Å². The molecule has 1 heterocycles. The van der Waals surface area contributed by atoms with Gasteiger partial charge in [0.2, 0.25) is 0 Å². The fourth-order valence-electron chi connectivity index (χ4n) is 2.87. The molecule has 1 N–H and O–H groups in total. The number of carbonyl (C=O) groups excluding carboxylic acids is 2. The number of nitrogens with one attached hydrogen (secondary N) is 1. The highest BCUT2D eigenvalue weighted by Crippen LogP contribution is 2.21. The summed E-state index contributed by atoms with van der Waals surface area (Å²) in [4.78, 5) is 28.7. The van der Waals surface area contributed by atoms with E-state index in [0.29, 0.717) is 11.5 Å². The van der Waals surface area contributed by atoms with Gasteiger partial charge in [-0.2, -0.15) is 0 Å². The van der Waals surface area contributed by atoms with Gasteiger partial charge in [-0.3, -0.25) is 4.79 Å². The molecule has 0 aliphatic rings. The van der Waals surface area contributed by atoms with Gasteiger partial charge in [-0.15, -0.1) is 11.3 Å². The van der Waals surface area contributed by atoms with Crippen molar-refractivity contribution in [2.75, 3.05) is 6.61 Å². The topological polar surface area (TPSA) is 68.3 Å². The number of hydrogen-bond donors (Lipinski definition) is 1. The van der Waals surface area contributed by atoms with Crippen LogP contribution in [0.25, 0.3) is 10.2 Å². The Labute approximate surface area is 162 Å². The smallest absolute Gasteiger partial charge is 0.338 e. The molecule has 0 radical (unpaired) electrons. The van der Waals surface area contributed by atoms with Crippen LogP contribution in [0.3, 0.4) is 0 Å². The summed E-state index contributed by atoms with van der Waals surface area (Å²) >= 11 is 1.46. The van der Waals surface area contributed by atoms with Gasteiger partial charge in [0.1, 0.15) is 0 Å². The molecule has 0 aliphatic carbocycles. The second-order valence-corrected chi connectivity index (χ2v) is 7.66. The minimum atomic E-state index is -0.513. The van der Waals surface area contributed by atoms with Crippen molar-refractivity contribution in [3.05, 3.63) is 65.2 Å². The third-order valence-electron chi connectivity index (χ3n) is 4.15. The Morgan fingerprint density at radius 2 is 1.93 bits per heavy atom. The monoisotopic (exact) mass is 382 g/mol. The second kappa shape index (κ2) is 8.77. The first kappa shape index (κ1) is 19.0. The fourth-order valence-corrected chi connectivity index (χ4v) is 3.58. The standard InChI is InChI=1S/C21H22N2O3S/c1-14(2)10-18(15-6-4-3-5-7-15)23-20(24)12-26-21(25)16-8-9-17-19(11-16)27-13-22-17/h3-9,11,13-14,18H,10,12H2,1-2H3,(H,23,24)/t18-/m0/s1. The summed E-state index contributed by atoms with van der Waals surface area (Å²) in [5.41, 5.74) is 4.03. The summed E-state index contributed by atoms with van der Waals surface area (Å²) in [6.07, 6.45) is 0.811. The Hall–Kier alpha value is -2.73. The van der Waals surface area contributed by atoms with Crippen LogP contribution in [0.2, 0.25) is 0 Å². The quantitative estimate of drug-likeness (QED) is 0.617. The second-order valence-electron chi connectivity index (χ2n) is 6.77. The van der Waals surface area contributed by atoms with Crippen molar-refractivity contribution in [3.63, 3.8) is 0 Å². The fraction of sp³-hybridized carbons (Fsp3) is 0.286. The van der Waals surface area contributed by atoms with E-state index in [-0.39, 0.29) is 18.6 Å². The summed E-state index contributed by atoms with van der Waals surface area (Å²) in [5, 5.41) is 2.97. The Kier molecular flexibility index (Phi) is 6.19. The van der Waals surface area contributed by atoms with Gasteiger partial charge in [0, 0.05) is 0 Å². The maximum atomic E-state index is 12.3. The molecule has 2 aromatic carbocycles. The molecule has 1 aromatic heterocycles. The van der Waals surface area contributed by atoms with E-state index >= 15 is 0 Å². The third kappa shape index (κ3) is 5.14. The van der Waals surface area contributed by atoms with Crippen molar-refractivity contribution in [1.82, 2.24) is 10.3 Å². The average Bonchev–Trinajstić information content (AvgIpc) is 3.13. The van der Waals surface area contributed by atoms with Gasteiger partial charge in [-0.1, -0.05) is 44.2 Å². The number of fused-ring (bicyclic) bond motifs is 1. The van der Waals surface area contributed by atoms with Crippen molar-refractivity contribution in [3.8, 4) is 0 Å². The van der Waals surface area contributed by atoms with Gasteiger partial charge in [-0.05, 0) is 36.1 Å². The molecule has 3 rings (SSSR count). The van der Waals surface area contributed by atoms with E-state index in [1.807, 2.05) is 30.3 Å². The van der Waals surface area contributed by atoms with Crippen molar-refractivity contribution < 1.29 is 14.3 Å². The number of rotatable bonds is 7. The molecule has 27 heavy (non-hydrogen) atoms. The van der Waals surface area contributed by atoms with E-state index < -0.39 is 5.97 Å². The highest BCUT2D eigenvalue weighted by Gasteiger charge is 2.17. The number of thiazole rings is 1. The first-order valence-corrected chi connectivity index (χ1v) is 9.75. The van der Waals surface area contributed by atoms with E-state index in [1.54, 1.807) is 23.7 Å². The molecule has 1 amide bonds. The number of ether oxygens (including phenoxy) is 1. The van der Waals surface area contributed by atoms with E-state index in [9.17, 15) is 9.59 Å². The summed E-state index contributed by atoms with van der Waals surface area (Å²) in [7, 11) is 0. The maximum Gasteiger partial charge on any atom is 0.338 e. The minimum Gasteiger partial charge on any atom is -0.452 e. The normalized spacial score (nSPS) is 12.1. The third-order valence-corrected chi connectivity index (χ3v) is 4.94. The number of amides is 1. The summed E-state index contributed by atoms with van der Waals surface area (Å²) in [6, 6.07) is 14.9. The molecule has 1 atom stereocenters. The first-order chi connectivity index (χ1) is 13.0. The molecule has 0 fully saturated rings. The molecule has 0 aliphatic heterocycles. The zero-order valence-corrected chi connectivity index (χ0v) is 16.2. The molecule has 140 valence electrons. The Morgan fingerprint density at radius 3 is 2.67 bits per heavy atom.